The lowest BCUT2D eigenvalue weighted by atomic mass is 10.3. The molecule has 2 aromatic heterocycles. The lowest BCUT2D eigenvalue weighted by molar-refractivity contribution is 0.287. The van der Waals surface area contributed by atoms with Crippen LogP contribution in [0, 0.1) is 0 Å². The van der Waals surface area contributed by atoms with Gasteiger partial charge in [0.05, 0.1) is 11.6 Å². The van der Waals surface area contributed by atoms with Gasteiger partial charge in [0.15, 0.2) is 5.65 Å². The number of nitrogens with zero attached hydrogens (tertiary/aromatic N) is 5. The second kappa shape index (κ2) is 5.97. The number of aromatic nitrogens is 4. The second-order valence-corrected chi connectivity index (χ2v) is 6.25. The maximum atomic E-state index is 6.14. The summed E-state index contributed by atoms with van der Waals surface area (Å²) < 4.78 is 4.24. The van der Waals surface area contributed by atoms with Gasteiger partial charge in [-0.25, -0.2) is 4.98 Å². The van der Waals surface area contributed by atoms with Gasteiger partial charge >= 0.3 is 0 Å². The van der Waals surface area contributed by atoms with Gasteiger partial charge in [0, 0.05) is 19.6 Å². The summed E-state index contributed by atoms with van der Waals surface area (Å²) in [4.78, 5) is 7.28. The summed E-state index contributed by atoms with van der Waals surface area (Å²) in [7, 11) is 2.00. The van der Waals surface area contributed by atoms with E-state index in [0.717, 1.165) is 35.6 Å². The van der Waals surface area contributed by atoms with Gasteiger partial charge in [-0.05, 0) is 39.3 Å². The Labute approximate surface area is 130 Å². The summed E-state index contributed by atoms with van der Waals surface area (Å²) in [6.07, 6.45) is 3.54. The smallest absolute Gasteiger partial charge is 0.159 e. The molecule has 0 aromatic carbocycles. The van der Waals surface area contributed by atoms with Crippen molar-refractivity contribution in [2.24, 2.45) is 7.05 Å². The van der Waals surface area contributed by atoms with Crippen molar-refractivity contribution in [1.82, 2.24) is 24.2 Å². The number of imidazole rings is 1. The average molecular weight is 310 g/mol. The van der Waals surface area contributed by atoms with Crippen molar-refractivity contribution in [1.29, 1.82) is 0 Å². The number of aryl methyl sites for hydroxylation is 2. The van der Waals surface area contributed by atoms with E-state index in [2.05, 4.69) is 28.4 Å². The van der Waals surface area contributed by atoms with Gasteiger partial charge in [-0.15, -0.1) is 11.6 Å². The van der Waals surface area contributed by atoms with E-state index in [1.807, 2.05) is 11.7 Å². The van der Waals surface area contributed by atoms with Gasteiger partial charge < -0.3 is 9.47 Å². The fourth-order valence-corrected chi connectivity index (χ4v) is 3.65. The molecule has 2 aromatic rings. The Morgan fingerprint density at radius 1 is 1.29 bits per heavy atom. The van der Waals surface area contributed by atoms with Crippen LogP contribution in [-0.2, 0) is 19.3 Å². The van der Waals surface area contributed by atoms with Crippen molar-refractivity contribution in [2.75, 3.05) is 19.6 Å². The number of likely N-dealkylation sites (tertiary alicyclic amines) is 1. The van der Waals surface area contributed by atoms with E-state index in [0.29, 0.717) is 11.9 Å². The van der Waals surface area contributed by atoms with Gasteiger partial charge in [-0.1, -0.05) is 6.92 Å². The zero-order chi connectivity index (χ0) is 15.0. The zero-order valence-corrected chi connectivity index (χ0v) is 13.9. The van der Waals surface area contributed by atoms with Crippen molar-refractivity contribution >= 4 is 22.8 Å². The van der Waals surface area contributed by atoms with Crippen LogP contribution in [0.2, 0.25) is 0 Å². The van der Waals surface area contributed by atoms with E-state index in [-0.39, 0.29) is 0 Å². The highest BCUT2D eigenvalue weighted by Gasteiger charge is 2.23. The molecule has 0 amide bonds. The average Bonchev–Trinajstić information content (AvgIpc) is 3.15. The first-order valence-electron chi connectivity index (χ1n) is 7.86. The molecule has 0 spiro atoms. The lowest BCUT2D eigenvalue weighted by Gasteiger charge is -2.23. The van der Waals surface area contributed by atoms with Crippen LogP contribution in [0.1, 0.15) is 44.2 Å². The van der Waals surface area contributed by atoms with Crippen molar-refractivity contribution in [3.8, 4) is 0 Å². The molecule has 3 rings (SSSR count). The van der Waals surface area contributed by atoms with E-state index in [1.54, 1.807) is 0 Å². The maximum absolute atomic E-state index is 6.14. The molecule has 1 aliphatic heterocycles. The van der Waals surface area contributed by atoms with Crippen LogP contribution in [0.5, 0.6) is 0 Å². The van der Waals surface area contributed by atoms with Crippen LogP contribution in [0.15, 0.2) is 0 Å². The summed E-state index contributed by atoms with van der Waals surface area (Å²) in [5, 5.41) is 4.60. The third kappa shape index (κ3) is 2.57. The first kappa shape index (κ1) is 14.9. The van der Waals surface area contributed by atoms with E-state index >= 15 is 0 Å². The summed E-state index contributed by atoms with van der Waals surface area (Å²) >= 11 is 6.14. The highest BCUT2D eigenvalue weighted by Crippen LogP contribution is 2.26. The van der Waals surface area contributed by atoms with Crippen LogP contribution in [0.25, 0.3) is 11.2 Å². The third-order valence-electron chi connectivity index (χ3n) is 4.43. The Hall–Kier alpha value is -1.07. The van der Waals surface area contributed by atoms with Crippen molar-refractivity contribution in [2.45, 2.75) is 45.0 Å². The van der Waals surface area contributed by atoms with E-state index in [9.17, 15) is 0 Å². The van der Waals surface area contributed by atoms with Gasteiger partial charge in [0.25, 0.3) is 0 Å². The number of hydrogen-bond acceptors (Lipinski definition) is 3. The van der Waals surface area contributed by atoms with Crippen LogP contribution in [0.4, 0.5) is 0 Å². The Bertz CT molecular complexity index is 624. The molecule has 0 radical (unpaired) electrons. The Balaban J connectivity index is 2.00. The molecule has 3 heterocycles. The molecular formula is C15H24ClN5. The number of alkyl halides is 1. The predicted molar refractivity (Wildman–Crippen MR) is 85.8 cm³/mol. The molecule has 0 bridgehead atoms. The Morgan fingerprint density at radius 3 is 2.62 bits per heavy atom. The molecule has 1 aliphatic rings. The van der Waals surface area contributed by atoms with Crippen LogP contribution in [-0.4, -0.2) is 43.9 Å². The summed E-state index contributed by atoms with van der Waals surface area (Å²) in [6, 6.07) is 0.363. The number of fused-ring (bicyclic) bond motifs is 1. The van der Waals surface area contributed by atoms with Gasteiger partial charge in [0.1, 0.15) is 11.3 Å². The minimum Gasteiger partial charge on any atom is -0.308 e. The summed E-state index contributed by atoms with van der Waals surface area (Å²) in [5.74, 6) is 1.41. The highest BCUT2D eigenvalue weighted by atomic mass is 35.5. The molecule has 1 atom stereocenters. The highest BCUT2D eigenvalue weighted by molar-refractivity contribution is 6.16. The largest absolute Gasteiger partial charge is 0.308 e. The molecular weight excluding hydrogens is 286 g/mol. The minimum atomic E-state index is 0.363. The maximum Gasteiger partial charge on any atom is 0.159 e. The van der Waals surface area contributed by atoms with Gasteiger partial charge in [0.2, 0.25) is 0 Å². The minimum absolute atomic E-state index is 0.363. The number of rotatable bonds is 5. The normalized spacial score (nSPS) is 17.9. The molecule has 0 aliphatic carbocycles. The third-order valence-corrected chi connectivity index (χ3v) is 4.66. The molecule has 0 saturated carbocycles. The number of hydrogen-bond donors (Lipinski definition) is 0. The van der Waals surface area contributed by atoms with Crippen LogP contribution in [0.3, 0.4) is 0 Å². The topological polar surface area (TPSA) is 38.9 Å². The second-order valence-electron chi connectivity index (χ2n) is 5.98. The monoisotopic (exact) mass is 309 g/mol. The van der Waals surface area contributed by atoms with Crippen molar-refractivity contribution in [3.05, 3.63) is 11.5 Å². The predicted octanol–water partition coefficient (Wildman–Crippen LogP) is 2.73. The van der Waals surface area contributed by atoms with Gasteiger partial charge in [-0.3, -0.25) is 4.68 Å². The van der Waals surface area contributed by atoms with E-state index in [4.69, 9.17) is 16.6 Å². The fourth-order valence-electron chi connectivity index (χ4n) is 3.46. The first-order chi connectivity index (χ1) is 10.2. The number of halogens is 1. The molecule has 5 nitrogen and oxygen atoms in total. The van der Waals surface area contributed by atoms with Crippen molar-refractivity contribution < 1.29 is 0 Å². The van der Waals surface area contributed by atoms with Gasteiger partial charge in [-0.2, -0.15) is 5.10 Å². The lowest BCUT2D eigenvalue weighted by Crippen LogP contribution is -2.28. The molecule has 21 heavy (non-hydrogen) atoms. The first-order valence-corrected chi connectivity index (χ1v) is 8.40. The van der Waals surface area contributed by atoms with E-state index in [1.165, 1.54) is 25.9 Å². The summed E-state index contributed by atoms with van der Waals surface area (Å²) in [5.41, 5.74) is 3.18. The van der Waals surface area contributed by atoms with Crippen LogP contribution < -0.4 is 0 Å². The molecule has 1 saturated heterocycles. The Morgan fingerprint density at radius 2 is 2.00 bits per heavy atom. The molecule has 0 N–H and O–H groups in total. The molecule has 1 unspecified atom stereocenters. The van der Waals surface area contributed by atoms with Crippen LogP contribution >= 0.6 is 11.6 Å². The summed E-state index contributed by atoms with van der Waals surface area (Å²) in [6.45, 7) is 7.86. The molecule has 6 heteroatoms. The zero-order valence-electron chi connectivity index (χ0n) is 13.1. The Kier molecular flexibility index (Phi) is 4.22. The molecule has 1 fully saturated rings. The van der Waals surface area contributed by atoms with Crippen molar-refractivity contribution in [3.63, 3.8) is 0 Å². The molecule has 116 valence electrons. The SMILES string of the molecule is CCc1nn(C)c2c1nc(CCl)n2C(C)CN1CCCC1. The standard InChI is InChI=1S/C15H24ClN5/c1-4-12-14-15(19(3)18-12)21(13(9-16)17-14)11(2)10-20-7-5-6-8-20/h11H,4-10H2,1-3H3. The fraction of sp³-hybridized carbons (Fsp3) is 0.733. The van der Waals surface area contributed by atoms with E-state index < -0.39 is 0 Å². The quantitative estimate of drug-likeness (QED) is 0.797.